The molecule has 0 bridgehead atoms. The van der Waals surface area contributed by atoms with E-state index in [4.69, 9.17) is 4.18 Å². The van der Waals surface area contributed by atoms with E-state index in [2.05, 4.69) is 0 Å². The van der Waals surface area contributed by atoms with Crippen LogP contribution in [0.5, 0.6) is 0 Å². The second-order valence-electron chi connectivity index (χ2n) is 4.58. The van der Waals surface area contributed by atoms with Crippen LogP contribution in [0.2, 0.25) is 6.82 Å². The standard InChI is InChI=1S/C7H14B2N2O5S/c1-9(13)10-3-2-7(4-10)5-16-17(14,15)11(7)6(8)12/h13H,2-5,8H2,1H3/t7-/m1/s1. The second-order valence-corrected chi connectivity index (χ2v) is 6.04. The van der Waals surface area contributed by atoms with E-state index in [1.54, 1.807) is 11.6 Å². The van der Waals surface area contributed by atoms with Crippen LogP contribution in [0.1, 0.15) is 6.42 Å². The van der Waals surface area contributed by atoms with Crippen molar-refractivity contribution in [3.05, 3.63) is 0 Å². The Morgan fingerprint density at radius 1 is 1.59 bits per heavy atom. The topological polar surface area (TPSA) is 87.2 Å². The highest BCUT2D eigenvalue weighted by Gasteiger charge is 2.56. The average molecular weight is 260 g/mol. The summed E-state index contributed by atoms with van der Waals surface area (Å²) in [6.07, 6.45) is 0.483. The number of nitrogens with zero attached hydrogens (tertiary/aromatic N) is 2. The molecule has 0 unspecified atom stereocenters. The minimum Gasteiger partial charge on any atom is -0.437 e. The third kappa shape index (κ3) is 1.99. The zero-order valence-electron chi connectivity index (χ0n) is 9.79. The lowest BCUT2D eigenvalue weighted by atomic mass is 9.85. The van der Waals surface area contributed by atoms with E-state index in [1.807, 2.05) is 0 Å². The van der Waals surface area contributed by atoms with Crippen LogP contribution in [-0.2, 0) is 14.5 Å². The summed E-state index contributed by atoms with van der Waals surface area (Å²) in [5.41, 5.74) is -0.846. The molecule has 0 aromatic heterocycles. The van der Waals surface area contributed by atoms with E-state index in [0.717, 1.165) is 4.31 Å². The van der Waals surface area contributed by atoms with Crippen molar-refractivity contribution in [2.24, 2.45) is 0 Å². The normalized spacial score (nSPS) is 32.2. The summed E-state index contributed by atoms with van der Waals surface area (Å²) in [6.45, 7) is 2.43. The zero-order chi connectivity index (χ0) is 12.8. The van der Waals surface area contributed by atoms with E-state index in [9.17, 15) is 18.2 Å². The summed E-state index contributed by atoms with van der Waals surface area (Å²) in [7, 11) is -3.41. The molecule has 1 spiro atoms. The maximum atomic E-state index is 11.6. The maximum absolute atomic E-state index is 11.6. The van der Waals surface area contributed by atoms with Crippen molar-refractivity contribution < 1.29 is 22.4 Å². The van der Waals surface area contributed by atoms with Crippen molar-refractivity contribution in [1.29, 1.82) is 0 Å². The fraction of sp³-hybridized carbons (Fsp3) is 0.857. The molecule has 0 aromatic rings. The van der Waals surface area contributed by atoms with E-state index in [1.165, 1.54) is 7.85 Å². The predicted molar refractivity (Wildman–Crippen MR) is 63.4 cm³/mol. The summed E-state index contributed by atoms with van der Waals surface area (Å²) < 4.78 is 28.9. The highest BCUT2D eigenvalue weighted by molar-refractivity contribution is 7.85. The Balaban J connectivity index is 2.31. The minimum absolute atomic E-state index is 0.0296. The van der Waals surface area contributed by atoms with Crippen LogP contribution in [0.4, 0.5) is 4.79 Å². The van der Waals surface area contributed by atoms with Crippen LogP contribution in [0, 0.1) is 0 Å². The van der Waals surface area contributed by atoms with E-state index < -0.39 is 28.7 Å². The number of hydrogen-bond donors (Lipinski definition) is 1. The van der Waals surface area contributed by atoms with Gasteiger partial charge in [-0.15, -0.1) is 0 Å². The zero-order valence-corrected chi connectivity index (χ0v) is 10.6. The van der Waals surface area contributed by atoms with Crippen LogP contribution in [0.15, 0.2) is 0 Å². The van der Waals surface area contributed by atoms with Crippen LogP contribution in [-0.4, -0.2) is 68.5 Å². The first-order valence-electron chi connectivity index (χ1n) is 5.41. The summed E-state index contributed by atoms with van der Waals surface area (Å²) in [6, 6.07) is 0. The van der Waals surface area contributed by atoms with Crippen molar-refractivity contribution in [2.45, 2.75) is 18.8 Å². The molecule has 2 heterocycles. The van der Waals surface area contributed by atoms with Crippen molar-refractivity contribution in [3.8, 4) is 0 Å². The molecule has 2 rings (SSSR count). The monoisotopic (exact) mass is 260 g/mol. The minimum atomic E-state index is -3.95. The third-order valence-corrected chi connectivity index (χ3v) is 4.81. The van der Waals surface area contributed by atoms with Crippen LogP contribution >= 0.6 is 0 Å². The second kappa shape index (κ2) is 3.98. The molecular formula is C7H14B2N2O5S. The van der Waals surface area contributed by atoms with Crippen LogP contribution < -0.4 is 0 Å². The van der Waals surface area contributed by atoms with Crippen LogP contribution in [0.25, 0.3) is 0 Å². The molecule has 0 aliphatic carbocycles. The molecular weight excluding hydrogens is 246 g/mol. The number of hydrogen-bond acceptors (Lipinski definition) is 6. The highest BCUT2D eigenvalue weighted by atomic mass is 32.2. The van der Waals surface area contributed by atoms with E-state index >= 15 is 0 Å². The van der Waals surface area contributed by atoms with E-state index in [0.29, 0.717) is 19.5 Å². The smallest absolute Gasteiger partial charge is 0.376 e. The molecule has 0 radical (unpaired) electrons. The van der Waals surface area contributed by atoms with Crippen molar-refractivity contribution >= 4 is 31.0 Å². The first-order valence-corrected chi connectivity index (χ1v) is 6.77. The van der Waals surface area contributed by atoms with Gasteiger partial charge in [-0.05, 0) is 19.8 Å². The number of carbonyl (C=O) groups excluding carboxylic acids is 1. The molecule has 10 heteroatoms. The Morgan fingerprint density at radius 3 is 2.71 bits per heavy atom. The molecule has 94 valence electrons. The first kappa shape index (κ1) is 12.9. The Hall–Kier alpha value is -0.570. The Morgan fingerprint density at radius 2 is 2.24 bits per heavy atom. The lowest BCUT2D eigenvalue weighted by Gasteiger charge is -2.30. The molecule has 17 heavy (non-hydrogen) atoms. The lowest BCUT2D eigenvalue weighted by molar-refractivity contribution is 0.194. The molecule has 0 saturated carbocycles. The molecule has 7 nitrogen and oxygen atoms in total. The number of carbonyl (C=O) groups is 1. The Bertz CT molecular complexity index is 442. The van der Waals surface area contributed by atoms with Crippen molar-refractivity contribution in [1.82, 2.24) is 9.12 Å². The van der Waals surface area contributed by atoms with Gasteiger partial charge in [0.15, 0.2) is 5.81 Å². The lowest BCUT2D eigenvalue weighted by Crippen LogP contribution is -2.53. The number of rotatable bonds is 1. The molecule has 1 N–H and O–H groups in total. The van der Waals surface area contributed by atoms with E-state index in [-0.39, 0.29) is 6.61 Å². The van der Waals surface area contributed by atoms with Gasteiger partial charge in [-0.1, -0.05) is 0 Å². The molecule has 1 amide bonds. The SMILES string of the molecule is BC(=O)N1[C@@]2(CCN(B(C)O)C2)COS1(=O)=O. The summed E-state index contributed by atoms with van der Waals surface area (Å²) in [5.74, 6) is -0.546. The fourth-order valence-corrected chi connectivity index (χ4v) is 3.98. The van der Waals surface area contributed by atoms with Gasteiger partial charge in [-0.3, -0.25) is 8.98 Å². The van der Waals surface area contributed by atoms with Gasteiger partial charge in [-0.25, -0.2) is 4.31 Å². The van der Waals surface area contributed by atoms with Gasteiger partial charge in [0.2, 0.25) is 7.85 Å². The van der Waals surface area contributed by atoms with Crippen molar-refractivity contribution in [3.63, 3.8) is 0 Å². The maximum Gasteiger partial charge on any atom is 0.376 e. The first-order chi connectivity index (χ1) is 7.78. The molecule has 2 aliphatic rings. The average Bonchev–Trinajstić information content (AvgIpc) is 2.70. The molecule has 2 fully saturated rings. The molecule has 1 atom stereocenters. The summed E-state index contributed by atoms with van der Waals surface area (Å²) in [4.78, 5) is 13.2. The quantitative estimate of drug-likeness (QED) is 0.542. The van der Waals surface area contributed by atoms with Gasteiger partial charge >= 0.3 is 17.4 Å². The molecule has 2 saturated heterocycles. The molecule has 2 aliphatic heterocycles. The highest BCUT2D eigenvalue weighted by Crippen LogP contribution is 2.36. The van der Waals surface area contributed by atoms with Gasteiger partial charge in [0, 0.05) is 6.54 Å². The largest absolute Gasteiger partial charge is 0.437 e. The molecule has 0 aromatic carbocycles. The van der Waals surface area contributed by atoms with Crippen molar-refractivity contribution in [2.75, 3.05) is 19.7 Å². The fourth-order valence-electron chi connectivity index (χ4n) is 2.51. The van der Waals surface area contributed by atoms with Gasteiger partial charge in [0.1, 0.15) is 0 Å². The summed E-state index contributed by atoms with van der Waals surface area (Å²) >= 11 is 0. The number of amides is 1. The van der Waals surface area contributed by atoms with Gasteiger partial charge < -0.3 is 9.83 Å². The van der Waals surface area contributed by atoms with Gasteiger partial charge in [0.05, 0.1) is 12.1 Å². The van der Waals surface area contributed by atoms with Crippen LogP contribution in [0.3, 0.4) is 0 Å². The summed E-state index contributed by atoms with van der Waals surface area (Å²) in [5, 5.41) is 9.48. The van der Waals surface area contributed by atoms with Gasteiger partial charge in [-0.2, -0.15) is 8.42 Å². The van der Waals surface area contributed by atoms with Gasteiger partial charge in [0.25, 0.3) is 0 Å². The Kier molecular flexibility index (Phi) is 3.01. The third-order valence-electron chi connectivity index (χ3n) is 3.31. The predicted octanol–water partition coefficient (Wildman–Crippen LogP) is -2.13. The Labute approximate surface area is 102 Å².